The lowest BCUT2D eigenvalue weighted by Gasteiger charge is -2.26. The second-order valence-corrected chi connectivity index (χ2v) is 8.02. The van der Waals surface area contributed by atoms with Crippen LogP contribution in [0.3, 0.4) is 0 Å². The zero-order chi connectivity index (χ0) is 34.7. The van der Waals surface area contributed by atoms with E-state index in [2.05, 4.69) is 15.2 Å². The van der Waals surface area contributed by atoms with E-state index >= 15 is 0 Å². The minimum atomic E-state index is -2.28. The Hall–Kier alpha value is -3.47. The molecule has 1 heterocycles. The lowest BCUT2D eigenvalue weighted by molar-refractivity contribution is 0.216. The van der Waals surface area contributed by atoms with Gasteiger partial charge >= 0.3 is 14.2 Å². The van der Waals surface area contributed by atoms with E-state index in [0.717, 1.165) is 32.4 Å². The fraction of sp³-hybridized carbons (Fsp3) is 0.231. The quantitative estimate of drug-likeness (QED) is 0.137. The first-order valence-electron chi connectivity index (χ1n) is 16.4. The number of rotatable bonds is 10. The predicted octanol–water partition coefficient (Wildman–Crippen LogP) is 0.858. The highest BCUT2D eigenvalue weighted by Gasteiger charge is 2.15. The van der Waals surface area contributed by atoms with Crippen molar-refractivity contribution in [1.29, 1.82) is 0 Å². The molecule has 4 N–H and O–H groups in total. The highest BCUT2D eigenvalue weighted by atomic mass is 16.8. The van der Waals surface area contributed by atoms with Crippen LogP contribution in [0.4, 0.5) is 0 Å². The molecule has 3 aromatic rings. The average molecular weight is 513 g/mol. The third kappa shape index (κ3) is 8.01. The molecule has 9 nitrogen and oxygen atoms in total. The summed E-state index contributed by atoms with van der Waals surface area (Å²) in [5, 5.41) is 45.2. The van der Waals surface area contributed by atoms with Crippen molar-refractivity contribution in [2.75, 3.05) is 13.1 Å². The predicted molar refractivity (Wildman–Crippen MR) is 145 cm³/mol. The third-order valence-electron chi connectivity index (χ3n) is 5.30. The summed E-state index contributed by atoms with van der Waals surface area (Å²) >= 11 is 0. The van der Waals surface area contributed by atoms with Crippen molar-refractivity contribution in [2.24, 2.45) is 10.3 Å². The van der Waals surface area contributed by atoms with Gasteiger partial charge in [-0.25, -0.2) is 0 Å². The number of hydrogen-bond acceptors (Lipinski definition) is 9. The highest BCUT2D eigenvalue weighted by Crippen LogP contribution is 2.27. The maximum absolute atomic E-state index is 9.49. The second kappa shape index (κ2) is 13.2. The molecule has 11 heteroatoms. The smallest absolute Gasteiger partial charge is 0.423 e. The van der Waals surface area contributed by atoms with Crippen molar-refractivity contribution in [3.8, 4) is 11.5 Å². The molecule has 1 fully saturated rings. The third-order valence-corrected chi connectivity index (χ3v) is 5.30. The highest BCUT2D eigenvalue weighted by molar-refractivity contribution is 6.58. The molecular weight excluding hydrogens is 473 g/mol. The zero-order valence-electron chi connectivity index (χ0n) is 29.6. The van der Waals surface area contributed by atoms with Crippen LogP contribution in [-0.2, 0) is 6.54 Å². The van der Waals surface area contributed by atoms with Crippen molar-refractivity contribution in [2.45, 2.75) is 25.8 Å². The summed E-state index contributed by atoms with van der Waals surface area (Å²) in [4.78, 5) is 13.1. The summed E-state index contributed by atoms with van der Waals surface area (Å²) in [7, 11) is -4.55. The van der Waals surface area contributed by atoms with Gasteiger partial charge in [0.15, 0.2) is 11.5 Å². The molecule has 3 aromatic carbocycles. The molecule has 0 amide bonds. The van der Waals surface area contributed by atoms with Crippen LogP contribution in [0.25, 0.3) is 0 Å². The van der Waals surface area contributed by atoms with Crippen LogP contribution in [-0.4, -0.2) is 64.7 Å². The summed E-state index contributed by atoms with van der Waals surface area (Å²) in [6, 6.07) is -1.57. The molecule has 0 unspecified atom stereocenters. The summed E-state index contributed by atoms with van der Waals surface area (Å²) in [5.41, 5.74) is -1.83. The van der Waals surface area contributed by atoms with Crippen LogP contribution >= 0.6 is 0 Å². The first kappa shape index (κ1) is 16.4. The van der Waals surface area contributed by atoms with E-state index in [1.807, 2.05) is 0 Å². The Morgan fingerprint density at radius 1 is 0.811 bits per heavy atom. The molecule has 0 radical (unpaired) electrons. The molecule has 1 saturated heterocycles. The van der Waals surface area contributed by atoms with E-state index in [9.17, 15) is 20.1 Å². The van der Waals surface area contributed by atoms with Crippen LogP contribution in [0, 0.1) is 0 Å². The van der Waals surface area contributed by atoms with Crippen LogP contribution in [0.1, 0.15) is 49.7 Å². The minimum Gasteiger partial charge on any atom is -0.423 e. The Morgan fingerprint density at radius 2 is 1.35 bits per heavy atom. The van der Waals surface area contributed by atoms with Crippen molar-refractivity contribution < 1.29 is 43.5 Å². The number of likely N-dealkylation sites (tertiary alicyclic amines) is 1. The van der Waals surface area contributed by atoms with E-state index in [1.165, 1.54) is 12.1 Å². The molecule has 0 saturated carbocycles. The fourth-order valence-corrected chi connectivity index (χ4v) is 3.42. The van der Waals surface area contributed by atoms with Gasteiger partial charge in [-0.15, -0.1) is 0 Å². The average Bonchev–Trinajstić information content (AvgIpc) is 3.02. The van der Waals surface area contributed by atoms with E-state index < -0.39 is 97.0 Å². The van der Waals surface area contributed by atoms with Gasteiger partial charge in [-0.2, -0.15) is 0 Å². The fourth-order valence-electron chi connectivity index (χ4n) is 3.42. The Labute approximate surface area is 230 Å². The van der Waals surface area contributed by atoms with E-state index in [-0.39, 0.29) is 11.5 Å². The largest absolute Gasteiger partial charge is 0.488 e. The second-order valence-electron chi connectivity index (χ2n) is 8.02. The first-order chi connectivity index (χ1) is 22.1. The van der Waals surface area contributed by atoms with Gasteiger partial charge in [0.25, 0.3) is 0 Å². The molecule has 1 aliphatic heterocycles. The van der Waals surface area contributed by atoms with E-state index in [1.54, 1.807) is 6.07 Å². The van der Waals surface area contributed by atoms with Gasteiger partial charge in [0.2, 0.25) is 0 Å². The molecule has 0 aliphatic carbocycles. The maximum Gasteiger partial charge on any atom is 0.488 e. The van der Waals surface area contributed by atoms with Crippen molar-refractivity contribution >= 4 is 37.5 Å². The van der Waals surface area contributed by atoms with Crippen LogP contribution in [0.5, 0.6) is 11.5 Å². The molecule has 0 aromatic heterocycles. The lowest BCUT2D eigenvalue weighted by Crippen LogP contribution is -2.29. The van der Waals surface area contributed by atoms with Crippen LogP contribution in [0.15, 0.2) is 76.8 Å². The van der Waals surface area contributed by atoms with Gasteiger partial charge < -0.3 is 29.8 Å². The van der Waals surface area contributed by atoms with Gasteiger partial charge in [-0.1, -0.05) is 71.1 Å². The van der Waals surface area contributed by atoms with Crippen LogP contribution < -0.4 is 20.6 Å². The number of oxime groups is 2. The molecule has 0 bridgehead atoms. The standard InChI is InChI=1S/C26H29B2N3O6/c32-27(33)23-9-4-20(5-10-23)17-29-36-25-13-8-22(19-31-14-2-1-3-15-31)26(16-25)37-30-18-21-6-11-24(12-7-21)28(34)35/h4-13,16-18,32-35H,1-3,14-15,19H2/b29-17+,30-18+/i4D,5D,6D,7D,9D,10D,11D,12D,17D,18D,27+0,28+0,29+1. The summed E-state index contributed by atoms with van der Waals surface area (Å²) in [5.74, 6) is 0.0137. The number of nitrogens with zero attached hydrogens (tertiary/aromatic N) is 3. The summed E-state index contributed by atoms with van der Waals surface area (Å²) < 4.78 is 81.1. The molecule has 0 spiro atoms. The Balaban J connectivity index is 1.70. The number of benzene rings is 3. The SMILES string of the molecule is [2H]/C(=N\Oc1cc(O/[15N]=C(\[2H])c2c([2H])c([2H])c([11B](O)O)c([2H])c2[2H])ccc1CN1CCCCC1)c1c([2H])c([2H])c([11B](O)O)c([2H])c1[2H]. The van der Waals surface area contributed by atoms with Gasteiger partial charge in [0, 0.05) is 18.2 Å². The zero-order valence-corrected chi connectivity index (χ0v) is 19.6. The maximum atomic E-state index is 9.49. The molecular formula is C26H29B2N3O6. The van der Waals surface area contributed by atoms with Crippen molar-refractivity contribution in [1.82, 2.24) is 4.90 Å². The van der Waals surface area contributed by atoms with Gasteiger partial charge in [-0.05, 0) is 54.1 Å². The van der Waals surface area contributed by atoms with E-state index in [4.69, 9.17) is 23.4 Å². The normalized spacial score (nSPS) is 18.6. The number of piperidine rings is 1. The Morgan fingerprint density at radius 3 is 1.89 bits per heavy atom. The molecule has 4 rings (SSSR count). The van der Waals surface area contributed by atoms with E-state index in [0.29, 0.717) is 12.1 Å². The summed E-state index contributed by atoms with van der Waals surface area (Å²) in [6.07, 6.45) is 1.48. The topological polar surface area (TPSA) is 127 Å². The summed E-state index contributed by atoms with van der Waals surface area (Å²) in [6.45, 7) is 2.04. The Kier molecular flexibility index (Phi) is 5.84. The minimum absolute atomic E-state index is 0.0305. The van der Waals surface area contributed by atoms with Crippen molar-refractivity contribution in [3.63, 3.8) is 0 Å². The van der Waals surface area contributed by atoms with Crippen LogP contribution in [0.2, 0.25) is 0 Å². The molecule has 37 heavy (non-hydrogen) atoms. The van der Waals surface area contributed by atoms with Crippen molar-refractivity contribution in [3.05, 3.63) is 83.2 Å². The molecule has 190 valence electrons. The van der Waals surface area contributed by atoms with Gasteiger partial charge in [0.1, 0.15) is 0 Å². The lowest BCUT2D eigenvalue weighted by atomic mass is 9.90. The Bertz CT molecular complexity index is 1680. The monoisotopic (exact) mass is 512 g/mol. The first-order valence-corrected chi connectivity index (χ1v) is 11.4. The van der Waals surface area contributed by atoms with Gasteiger partial charge in [0.05, 0.1) is 26.1 Å². The van der Waals surface area contributed by atoms with Gasteiger partial charge in [-0.3, -0.25) is 4.90 Å². The molecule has 0 atom stereocenters. The number of hydrogen-bond donors (Lipinski definition) is 4. The molecule has 1 aliphatic rings.